The van der Waals surface area contributed by atoms with Crippen LogP contribution in [0.1, 0.15) is 23.3 Å². The Balaban J connectivity index is 0.00000147. The molecule has 2 aromatic rings. The standard InChI is InChI=1S/C10H12N8O.Na/c19-9(13-10-14-16-17-15-10)7-5-11-6-8(12-7)18-3-1-2-4-18;/h5-6H,1-4H2,(H2,11,12,13,14,15,16,17,19);/q;+1/p-1. The van der Waals surface area contributed by atoms with Crippen LogP contribution in [0.25, 0.3) is 5.32 Å². The van der Waals surface area contributed by atoms with Gasteiger partial charge < -0.3 is 10.2 Å². The Hall–Kier alpha value is -1.58. The van der Waals surface area contributed by atoms with E-state index in [1.165, 1.54) is 6.20 Å². The average molecular weight is 282 g/mol. The number of H-pyrrole nitrogens is 1. The van der Waals surface area contributed by atoms with Gasteiger partial charge in [0.05, 0.1) is 18.3 Å². The first-order valence-corrected chi connectivity index (χ1v) is 5.89. The third-order valence-electron chi connectivity index (χ3n) is 2.81. The van der Waals surface area contributed by atoms with Crippen molar-refractivity contribution < 1.29 is 34.4 Å². The third-order valence-corrected chi connectivity index (χ3v) is 2.81. The fourth-order valence-corrected chi connectivity index (χ4v) is 1.91. The Labute approximate surface area is 136 Å². The van der Waals surface area contributed by atoms with E-state index in [9.17, 15) is 4.79 Å². The molecule has 1 fully saturated rings. The van der Waals surface area contributed by atoms with Crippen LogP contribution in [0.5, 0.6) is 0 Å². The summed E-state index contributed by atoms with van der Waals surface area (Å²) in [6.45, 7) is 1.88. The molecule has 1 aliphatic heterocycles. The molecule has 1 aliphatic rings. The van der Waals surface area contributed by atoms with E-state index >= 15 is 0 Å². The van der Waals surface area contributed by atoms with Gasteiger partial charge in [0, 0.05) is 13.1 Å². The molecular weight excluding hydrogens is 271 g/mol. The van der Waals surface area contributed by atoms with Crippen LogP contribution in [-0.2, 0) is 0 Å². The van der Waals surface area contributed by atoms with Crippen molar-refractivity contribution in [3.8, 4) is 0 Å². The van der Waals surface area contributed by atoms with Gasteiger partial charge in [-0.05, 0) is 12.8 Å². The van der Waals surface area contributed by atoms with Gasteiger partial charge in [0.15, 0.2) is 0 Å². The molecule has 10 heteroatoms. The third kappa shape index (κ3) is 3.30. The van der Waals surface area contributed by atoms with Gasteiger partial charge in [-0.1, -0.05) is 0 Å². The van der Waals surface area contributed by atoms with Crippen molar-refractivity contribution in [2.45, 2.75) is 12.8 Å². The first-order chi connectivity index (χ1) is 9.33. The number of tetrazole rings is 1. The summed E-state index contributed by atoms with van der Waals surface area (Å²) in [5.74, 6) is 0.153. The maximum Gasteiger partial charge on any atom is 1.00 e. The molecule has 1 N–H and O–H groups in total. The number of rotatable bonds is 3. The first kappa shape index (κ1) is 14.8. The van der Waals surface area contributed by atoms with E-state index in [1.54, 1.807) is 6.20 Å². The minimum Gasteiger partial charge on any atom is -0.355 e. The Kier molecular flexibility index (Phi) is 4.99. The van der Waals surface area contributed by atoms with E-state index in [0.29, 0.717) is 5.82 Å². The molecular formula is C10H11N8NaO. The van der Waals surface area contributed by atoms with Crippen LogP contribution >= 0.6 is 0 Å². The molecule has 0 spiro atoms. The van der Waals surface area contributed by atoms with Gasteiger partial charge in [0.2, 0.25) is 5.91 Å². The number of aromatic nitrogens is 6. The van der Waals surface area contributed by atoms with Crippen LogP contribution in [0, 0.1) is 0 Å². The Bertz CT molecular complexity index is 568. The number of carbonyl (C=O) groups excluding carboxylic acids is 1. The van der Waals surface area contributed by atoms with Crippen LogP contribution in [0.2, 0.25) is 0 Å². The molecule has 0 radical (unpaired) electrons. The van der Waals surface area contributed by atoms with Gasteiger partial charge in [0.25, 0.3) is 0 Å². The molecule has 0 atom stereocenters. The fourth-order valence-electron chi connectivity index (χ4n) is 1.91. The summed E-state index contributed by atoms with van der Waals surface area (Å²) in [5, 5.41) is 16.4. The van der Waals surface area contributed by atoms with Crippen molar-refractivity contribution in [1.82, 2.24) is 30.6 Å². The number of aromatic amines is 1. The quantitative estimate of drug-likeness (QED) is 0.616. The zero-order valence-corrected chi connectivity index (χ0v) is 13.0. The minimum absolute atomic E-state index is 0. The average Bonchev–Trinajstić information content (AvgIpc) is 3.12. The van der Waals surface area contributed by atoms with Crippen molar-refractivity contribution in [2.24, 2.45) is 0 Å². The number of carbonyl (C=O) groups is 1. The van der Waals surface area contributed by atoms with E-state index in [4.69, 9.17) is 0 Å². The SMILES string of the molecule is O=C([N-]c1nn[nH]n1)c1cncc(N2CCCC2)n1.[Na+]. The molecule has 9 nitrogen and oxygen atoms in total. The van der Waals surface area contributed by atoms with Gasteiger partial charge in [-0.2, -0.15) is 0 Å². The number of nitrogens with one attached hydrogen (secondary N) is 1. The summed E-state index contributed by atoms with van der Waals surface area (Å²) in [6, 6.07) is 0. The normalized spacial score (nSPS) is 13.9. The molecule has 98 valence electrons. The fraction of sp³-hybridized carbons (Fsp3) is 0.400. The monoisotopic (exact) mass is 282 g/mol. The van der Waals surface area contributed by atoms with Crippen LogP contribution in [0.3, 0.4) is 0 Å². The molecule has 3 heterocycles. The number of amides is 1. The van der Waals surface area contributed by atoms with E-state index < -0.39 is 5.91 Å². The Morgan fingerprint density at radius 2 is 2.10 bits per heavy atom. The molecule has 1 saturated heterocycles. The Morgan fingerprint density at radius 3 is 2.80 bits per heavy atom. The summed E-state index contributed by atoms with van der Waals surface area (Å²) in [4.78, 5) is 22.3. The van der Waals surface area contributed by atoms with E-state index in [2.05, 4.69) is 40.8 Å². The van der Waals surface area contributed by atoms with Gasteiger partial charge in [-0.3, -0.25) is 25.2 Å². The first-order valence-electron chi connectivity index (χ1n) is 5.89. The van der Waals surface area contributed by atoms with E-state index in [-0.39, 0.29) is 41.2 Å². The summed E-state index contributed by atoms with van der Waals surface area (Å²) in [6.07, 6.45) is 5.29. The summed E-state index contributed by atoms with van der Waals surface area (Å²) in [7, 11) is 0. The molecule has 0 aliphatic carbocycles. The van der Waals surface area contributed by atoms with Crippen LogP contribution in [0.15, 0.2) is 12.4 Å². The molecule has 1 amide bonds. The van der Waals surface area contributed by atoms with Crippen LogP contribution < -0.4 is 34.5 Å². The van der Waals surface area contributed by atoms with Crippen molar-refractivity contribution in [3.05, 3.63) is 23.4 Å². The molecule has 0 saturated carbocycles. The molecule has 20 heavy (non-hydrogen) atoms. The van der Waals surface area contributed by atoms with Crippen molar-refractivity contribution in [2.75, 3.05) is 18.0 Å². The number of hydrogen-bond acceptors (Lipinski definition) is 7. The number of anilines is 1. The molecule has 2 aromatic heterocycles. The van der Waals surface area contributed by atoms with Gasteiger partial charge in [-0.15, -0.1) is 5.21 Å². The van der Waals surface area contributed by atoms with Gasteiger partial charge >= 0.3 is 29.6 Å². The van der Waals surface area contributed by atoms with Crippen LogP contribution in [0.4, 0.5) is 11.8 Å². The maximum absolute atomic E-state index is 11.9. The number of nitrogens with zero attached hydrogens (tertiary/aromatic N) is 7. The van der Waals surface area contributed by atoms with Crippen molar-refractivity contribution in [1.29, 1.82) is 0 Å². The molecule has 3 rings (SSSR count). The molecule has 0 unspecified atom stereocenters. The van der Waals surface area contributed by atoms with E-state index in [0.717, 1.165) is 25.9 Å². The van der Waals surface area contributed by atoms with Gasteiger partial charge in [-0.25, -0.2) is 4.98 Å². The van der Waals surface area contributed by atoms with Crippen molar-refractivity contribution >= 4 is 17.7 Å². The molecule has 0 bridgehead atoms. The topological polar surface area (TPSA) is 115 Å². The second kappa shape index (κ2) is 6.73. The second-order valence-electron chi connectivity index (χ2n) is 4.09. The minimum atomic E-state index is -0.532. The Morgan fingerprint density at radius 1 is 1.30 bits per heavy atom. The predicted molar refractivity (Wildman–Crippen MR) is 65.0 cm³/mol. The predicted octanol–water partition coefficient (Wildman–Crippen LogP) is -2.56. The van der Waals surface area contributed by atoms with E-state index in [1.807, 2.05) is 0 Å². The second-order valence-corrected chi connectivity index (χ2v) is 4.09. The zero-order chi connectivity index (χ0) is 13.1. The van der Waals surface area contributed by atoms with Crippen LogP contribution in [-0.4, -0.2) is 49.6 Å². The number of hydrogen-bond donors (Lipinski definition) is 1. The maximum atomic E-state index is 11.9. The summed E-state index contributed by atoms with van der Waals surface area (Å²) < 4.78 is 0. The smallest absolute Gasteiger partial charge is 0.355 e. The largest absolute Gasteiger partial charge is 1.00 e. The zero-order valence-electron chi connectivity index (χ0n) is 11.0. The van der Waals surface area contributed by atoms with Gasteiger partial charge in [0.1, 0.15) is 11.5 Å². The molecule has 0 aromatic carbocycles. The summed E-state index contributed by atoms with van der Waals surface area (Å²) >= 11 is 0. The summed E-state index contributed by atoms with van der Waals surface area (Å²) in [5.41, 5.74) is 0.175. The van der Waals surface area contributed by atoms with Crippen molar-refractivity contribution in [3.63, 3.8) is 0 Å².